The molecular formula is C18H22N4S. The van der Waals surface area contributed by atoms with Crippen LogP contribution >= 0.6 is 12.6 Å². The maximum absolute atomic E-state index is 4.61. The van der Waals surface area contributed by atoms with E-state index in [1.807, 2.05) is 14.1 Å². The van der Waals surface area contributed by atoms with Crippen LogP contribution in [-0.4, -0.2) is 25.4 Å². The second kappa shape index (κ2) is 6.54. The molecule has 120 valence electrons. The summed E-state index contributed by atoms with van der Waals surface area (Å²) in [6.45, 7) is 2.16. The predicted octanol–water partition coefficient (Wildman–Crippen LogP) is 3.30. The molecule has 2 aromatic rings. The zero-order valence-electron chi connectivity index (χ0n) is 13.7. The van der Waals surface area contributed by atoms with Gasteiger partial charge >= 0.3 is 0 Å². The summed E-state index contributed by atoms with van der Waals surface area (Å²) in [5.74, 6) is 0.901. The molecule has 3 rings (SSSR count). The summed E-state index contributed by atoms with van der Waals surface area (Å²) in [5.41, 5.74) is 7.54. The molecule has 1 aliphatic rings. The fraction of sp³-hybridized carbons (Fsp3) is 0.278. The minimum absolute atomic E-state index is 0.166. The van der Waals surface area contributed by atoms with E-state index in [-0.39, 0.29) is 5.50 Å². The summed E-state index contributed by atoms with van der Waals surface area (Å²) in [6.07, 6.45) is 1.01. The smallest absolute Gasteiger partial charge is 0.166 e. The molecule has 0 aromatic heterocycles. The highest BCUT2D eigenvalue weighted by Crippen LogP contribution is 2.27. The predicted molar refractivity (Wildman–Crippen MR) is 102 cm³/mol. The Morgan fingerprint density at radius 1 is 1.17 bits per heavy atom. The van der Waals surface area contributed by atoms with E-state index in [0.717, 1.165) is 23.5 Å². The van der Waals surface area contributed by atoms with Crippen molar-refractivity contribution in [2.24, 2.45) is 5.10 Å². The summed E-state index contributed by atoms with van der Waals surface area (Å²) in [7, 11) is 4.08. The summed E-state index contributed by atoms with van der Waals surface area (Å²) in [4.78, 5) is 4.20. The Morgan fingerprint density at radius 2 is 1.91 bits per heavy atom. The van der Waals surface area contributed by atoms with Gasteiger partial charge in [-0.15, -0.1) is 12.6 Å². The monoisotopic (exact) mass is 326 g/mol. The van der Waals surface area contributed by atoms with Crippen molar-refractivity contribution in [1.29, 1.82) is 0 Å². The third kappa shape index (κ3) is 3.15. The molecule has 1 unspecified atom stereocenters. The number of hydrogen-bond acceptors (Lipinski definition) is 5. The Kier molecular flexibility index (Phi) is 4.48. The number of aryl methyl sites for hydroxylation is 1. The molecule has 0 bridgehead atoms. The van der Waals surface area contributed by atoms with Gasteiger partial charge in [-0.3, -0.25) is 10.3 Å². The molecular weight excluding hydrogens is 304 g/mol. The number of benzene rings is 2. The van der Waals surface area contributed by atoms with Gasteiger partial charge in [0, 0.05) is 31.0 Å². The van der Waals surface area contributed by atoms with Crippen molar-refractivity contribution in [3.8, 4) is 0 Å². The lowest BCUT2D eigenvalue weighted by molar-refractivity contribution is 0.761. The van der Waals surface area contributed by atoms with E-state index < -0.39 is 0 Å². The fourth-order valence-electron chi connectivity index (χ4n) is 2.66. The molecule has 1 atom stereocenters. The van der Waals surface area contributed by atoms with Gasteiger partial charge < -0.3 is 4.90 Å². The Balaban J connectivity index is 1.94. The first-order valence-corrected chi connectivity index (χ1v) is 8.29. The molecule has 5 heteroatoms. The number of amidine groups is 1. The molecule has 2 aromatic carbocycles. The van der Waals surface area contributed by atoms with Crippen LogP contribution in [-0.2, 0) is 6.42 Å². The maximum atomic E-state index is 4.61. The van der Waals surface area contributed by atoms with E-state index in [1.54, 1.807) is 0 Å². The summed E-state index contributed by atoms with van der Waals surface area (Å²) in [5, 5.41) is 4.48. The largest absolute Gasteiger partial charge is 0.378 e. The van der Waals surface area contributed by atoms with Crippen LogP contribution in [0, 0.1) is 0 Å². The van der Waals surface area contributed by atoms with E-state index >= 15 is 0 Å². The van der Waals surface area contributed by atoms with Crippen LogP contribution in [0.25, 0.3) is 0 Å². The third-order valence-corrected chi connectivity index (χ3v) is 4.34. The first kappa shape index (κ1) is 15.7. The Hall–Kier alpha value is -2.14. The Bertz CT molecular complexity index is 709. The molecule has 1 heterocycles. The van der Waals surface area contributed by atoms with Crippen LogP contribution in [0.15, 0.2) is 53.6 Å². The third-order valence-electron chi connectivity index (χ3n) is 4.00. The molecule has 0 aliphatic carbocycles. The quantitative estimate of drug-likeness (QED) is 0.845. The van der Waals surface area contributed by atoms with Gasteiger partial charge in [-0.2, -0.15) is 5.10 Å². The lowest BCUT2D eigenvalue weighted by Crippen LogP contribution is -2.36. The van der Waals surface area contributed by atoms with Gasteiger partial charge in [-0.05, 0) is 42.3 Å². The van der Waals surface area contributed by atoms with Gasteiger partial charge in [-0.1, -0.05) is 25.1 Å². The zero-order valence-corrected chi connectivity index (χ0v) is 14.6. The van der Waals surface area contributed by atoms with E-state index in [1.165, 1.54) is 11.3 Å². The van der Waals surface area contributed by atoms with Crippen molar-refractivity contribution in [1.82, 2.24) is 5.43 Å². The van der Waals surface area contributed by atoms with Crippen molar-refractivity contribution in [3.63, 3.8) is 0 Å². The lowest BCUT2D eigenvalue weighted by Gasteiger charge is -2.25. The first-order valence-electron chi connectivity index (χ1n) is 7.77. The molecule has 0 saturated heterocycles. The topological polar surface area (TPSA) is 30.9 Å². The van der Waals surface area contributed by atoms with Gasteiger partial charge in [0.1, 0.15) is 0 Å². The lowest BCUT2D eigenvalue weighted by atomic mass is 10.1. The summed E-state index contributed by atoms with van der Waals surface area (Å²) >= 11 is 4.61. The van der Waals surface area contributed by atoms with Gasteiger partial charge in [-0.25, -0.2) is 0 Å². The summed E-state index contributed by atoms with van der Waals surface area (Å²) in [6, 6.07) is 16.9. The highest BCUT2D eigenvalue weighted by atomic mass is 32.1. The van der Waals surface area contributed by atoms with Crippen LogP contribution in [0.2, 0.25) is 0 Å². The molecule has 23 heavy (non-hydrogen) atoms. The van der Waals surface area contributed by atoms with Crippen LogP contribution in [0.3, 0.4) is 0 Å². The number of hydrazone groups is 1. The minimum atomic E-state index is -0.166. The standard InChI is InChI=1S/C18H22N4S/c1-4-13-6-5-7-14(12-13)17-19-20-18(23)22(17)16-10-8-15(9-11-16)21(2)3/h5-12,18,20,23H,4H2,1-3H3. The van der Waals surface area contributed by atoms with E-state index in [9.17, 15) is 0 Å². The molecule has 1 N–H and O–H groups in total. The maximum Gasteiger partial charge on any atom is 0.166 e. The SMILES string of the molecule is CCc1cccc(C2=NNC(S)N2c2ccc(N(C)C)cc2)c1. The molecule has 0 spiro atoms. The number of nitrogens with zero attached hydrogens (tertiary/aromatic N) is 3. The average molecular weight is 326 g/mol. The fourth-order valence-corrected chi connectivity index (χ4v) is 2.96. The van der Waals surface area contributed by atoms with E-state index in [2.05, 4.69) is 88.4 Å². The molecule has 4 nitrogen and oxygen atoms in total. The number of anilines is 2. The van der Waals surface area contributed by atoms with Gasteiger partial charge in [0.05, 0.1) is 0 Å². The second-order valence-corrected chi connectivity index (χ2v) is 6.26. The van der Waals surface area contributed by atoms with Crippen molar-refractivity contribution >= 4 is 29.8 Å². The molecule has 1 aliphatic heterocycles. The zero-order chi connectivity index (χ0) is 16.4. The average Bonchev–Trinajstić information content (AvgIpc) is 2.96. The van der Waals surface area contributed by atoms with Crippen molar-refractivity contribution in [2.45, 2.75) is 18.8 Å². The number of hydrogen-bond donors (Lipinski definition) is 2. The molecule has 0 amide bonds. The Labute approximate surface area is 143 Å². The molecule has 0 fully saturated rings. The van der Waals surface area contributed by atoms with Gasteiger partial charge in [0.15, 0.2) is 11.3 Å². The van der Waals surface area contributed by atoms with Crippen LogP contribution < -0.4 is 15.2 Å². The van der Waals surface area contributed by atoms with Gasteiger partial charge in [0.25, 0.3) is 0 Å². The van der Waals surface area contributed by atoms with Crippen LogP contribution in [0.5, 0.6) is 0 Å². The molecule has 0 radical (unpaired) electrons. The summed E-state index contributed by atoms with van der Waals surface area (Å²) < 4.78 is 0. The highest BCUT2D eigenvalue weighted by Gasteiger charge is 2.27. The van der Waals surface area contributed by atoms with Crippen molar-refractivity contribution < 1.29 is 0 Å². The minimum Gasteiger partial charge on any atom is -0.378 e. The van der Waals surface area contributed by atoms with E-state index in [4.69, 9.17) is 0 Å². The Morgan fingerprint density at radius 3 is 2.57 bits per heavy atom. The number of nitrogens with one attached hydrogen (secondary N) is 1. The van der Waals surface area contributed by atoms with Gasteiger partial charge in [0.2, 0.25) is 0 Å². The van der Waals surface area contributed by atoms with E-state index in [0.29, 0.717) is 0 Å². The molecule has 0 saturated carbocycles. The normalized spacial score (nSPS) is 17.0. The number of rotatable bonds is 4. The van der Waals surface area contributed by atoms with Crippen LogP contribution in [0.1, 0.15) is 18.1 Å². The number of thiol groups is 1. The van der Waals surface area contributed by atoms with Crippen molar-refractivity contribution in [3.05, 3.63) is 59.7 Å². The second-order valence-electron chi connectivity index (χ2n) is 5.77. The first-order chi connectivity index (χ1) is 11.1. The van der Waals surface area contributed by atoms with Crippen molar-refractivity contribution in [2.75, 3.05) is 23.9 Å². The highest BCUT2D eigenvalue weighted by molar-refractivity contribution is 7.81. The van der Waals surface area contributed by atoms with Crippen LogP contribution in [0.4, 0.5) is 11.4 Å².